The predicted molar refractivity (Wildman–Crippen MR) is 37.9 cm³/mol. The molecule has 0 aromatic heterocycles. The van der Waals surface area contributed by atoms with Crippen LogP contribution in [0.25, 0.3) is 0 Å². The summed E-state index contributed by atoms with van der Waals surface area (Å²) in [5, 5.41) is 16.6. The number of carboxylic acid groups (broad SMARTS) is 1. The van der Waals surface area contributed by atoms with Gasteiger partial charge in [0.05, 0.1) is 0 Å². The number of aliphatic hydroxyl groups excluding tert-OH is 1. The third-order valence-corrected chi connectivity index (χ3v) is 1.51. The number of hydrogen-bond donors (Lipinski definition) is 2. The highest BCUT2D eigenvalue weighted by Gasteiger charge is 2.40. The minimum absolute atomic E-state index is 1.62. The lowest BCUT2D eigenvalue weighted by atomic mass is 10.1. The van der Waals surface area contributed by atoms with Crippen molar-refractivity contribution in [3.8, 4) is 0 Å². The summed E-state index contributed by atoms with van der Waals surface area (Å²) in [7, 11) is 0. The maximum Gasteiger partial charge on any atom is 0.511 e. The molecular weight excluding hydrogens is 221 g/mol. The SMILES string of the molecule is O=C(O)OC1=C(F)C(F)=C(O)C(=O)C1F. The molecule has 0 heterocycles. The summed E-state index contributed by atoms with van der Waals surface area (Å²) < 4.78 is 41.8. The van der Waals surface area contributed by atoms with Crippen molar-refractivity contribution >= 4 is 11.9 Å². The van der Waals surface area contributed by atoms with Crippen LogP contribution in [0.1, 0.15) is 0 Å². The van der Waals surface area contributed by atoms with Crippen LogP contribution in [-0.2, 0) is 9.53 Å². The van der Waals surface area contributed by atoms with Crippen molar-refractivity contribution in [1.82, 2.24) is 0 Å². The van der Waals surface area contributed by atoms with Gasteiger partial charge in [-0.15, -0.1) is 0 Å². The Labute approximate surface area is 80.1 Å². The monoisotopic (exact) mass is 224 g/mol. The molecule has 1 unspecified atom stereocenters. The molecule has 8 heteroatoms. The summed E-state index contributed by atoms with van der Waals surface area (Å²) in [5.74, 6) is -9.27. The van der Waals surface area contributed by atoms with Crippen molar-refractivity contribution in [3.63, 3.8) is 0 Å². The predicted octanol–water partition coefficient (Wildman–Crippen LogP) is 1.52. The van der Waals surface area contributed by atoms with Crippen LogP contribution in [-0.4, -0.2) is 28.3 Å². The second kappa shape index (κ2) is 3.64. The van der Waals surface area contributed by atoms with Crippen LogP contribution >= 0.6 is 0 Å². The van der Waals surface area contributed by atoms with E-state index < -0.39 is 41.3 Å². The largest absolute Gasteiger partial charge is 0.511 e. The quantitative estimate of drug-likeness (QED) is 0.659. The number of ether oxygens (including phenoxy) is 1. The summed E-state index contributed by atoms with van der Waals surface area (Å²) >= 11 is 0. The number of carbonyl (C=O) groups excluding carboxylic acids is 1. The van der Waals surface area contributed by atoms with E-state index in [0.29, 0.717) is 0 Å². The number of ketones is 1. The summed E-state index contributed by atoms with van der Waals surface area (Å²) in [5.41, 5.74) is 0. The fraction of sp³-hybridized carbons (Fsp3) is 0.143. The van der Waals surface area contributed by atoms with Gasteiger partial charge in [-0.3, -0.25) is 4.79 Å². The number of alkyl halides is 1. The summed E-state index contributed by atoms with van der Waals surface area (Å²) in [6.45, 7) is 0. The smallest absolute Gasteiger partial charge is 0.502 e. The Morgan fingerprint density at radius 2 is 1.87 bits per heavy atom. The average Bonchev–Trinajstić information content (AvgIpc) is 2.18. The van der Waals surface area contributed by atoms with Crippen molar-refractivity contribution in [1.29, 1.82) is 0 Å². The van der Waals surface area contributed by atoms with Crippen LogP contribution in [0.15, 0.2) is 23.2 Å². The lowest BCUT2D eigenvalue weighted by molar-refractivity contribution is -0.123. The van der Waals surface area contributed by atoms with Crippen molar-refractivity contribution in [2.45, 2.75) is 6.17 Å². The van der Waals surface area contributed by atoms with Gasteiger partial charge in [-0.25, -0.2) is 9.18 Å². The third kappa shape index (κ3) is 1.78. The molecule has 15 heavy (non-hydrogen) atoms. The molecule has 0 aliphatic heterocycles. The molecule has 1 aliphatic rings. The zero-order valence-corrected chi connectivity index (χ0v) is 6.83. The second-order valence-electron chi connectivity index (χ2n) is 2.44. The molecule has 0 amide bonds. The van der Waals surface area contributed by atoms with Gasteiger partial charge in [0.1, 0.15) is 0 Å². The molecule has 0 fully saturated rings. The van der Waals surface area contributed by atoms with Gasteiger partial charge >= 0.3 is 6.16 Å². The van der Waals surface area contributed by atoms with Gasteiger partial charge in [-0.1, -0.05) is 0 Å². The van der Waals surface area contributed by atoms with Crippen molar-refractivity contribution in [2.75, 3.05) is 0 Å². The third-order valence-electron chi connectivity index (χ3n) is 1.51. The molecule has 0 aromatic carbocycles. The summed E-state index contributed by atoms with van der Waals surface area (Å²) in [6.07, 6.45) is -4.98. The van der Waals surface area contributed by atoms with Gasteiger partial charge in [-0.2, -0.15) is 8.78 Å². The molecule has 1 atom stereocenters. The molecule has 1 rings (SSSR count). The topological polar surface area (TPSA) is 83.8 Å². The highest BCUT2D eigenvalue weighted by molar-refractivity contribution is 6.01. The van der Waals surface area contributed by atoms with Gasteiger partial charge in [-0.05, 0) is 0 Å². The maximum absolute atomic E-state index is 12.9. The van der Waals surface area contributed by atoms with Gasteiger partial charge in [0.2, 0.25) is 29.4 Å². The first-order chi connectivity index (χ1) is 6.86. The number of Topliss-reactive ketones (excluding diaryl/α,β-unsaturated/α-hetero) is 1. The molecule has 0 radical (unpaired) electrons. The molecule has 5 nitrogen and oxygen atoms in total. The Kier molecular flexibility index (Phi) is 2.69. The van der Waals surface area contributed by atoms with Gasteiger partial charge in [0, 0.05) is 0 Å². The lowest BCUT2D eigenvalue weighted by Crippen LogP contribution is -2.28. The standard InChI is InChI=1S/C7H3F3O5/c8-1-2(9)6(15-7(13)14)3(10)5(12)4(1)11/h3,11H,(H,13,14). The molecule has 0 bridgehead atoms. The first-order valence-electron chi connectivity index (χ1n) is 3.44. The van der Waals surface area contributed by atoms with Crippen molar-refractivity contribution in [2.24, 2.45) is 0 Å². The zero-order chi connectivity index (χ0) is 11.7. The van der Waals surface area contributed by atoms with Crippen molar-refractivity contribution in [3.05, 3.63) is 23.2 Å². The fourth-order valence-corrected chi connectivity index (χ4v) is 0.861. The summed E-state index contributed by atoms with van der Waals surface area (Å²) in [6, 6.07) is 0. The Balaban J connectivity index is 3.22. The molecule has 0 saturated heterocycles. The first-order valence-corrected chi connectivity index (χ1v) is 3.44. The van der Waals surface area contributed by atoms with Crippen LogP contribution in [0.2, 0.25) is 0 Å². The van der Waals surface area contributed by atoms with Crippen LogP contribution < -0.4 is 0 Å². The van der Waals surface area contributed by atoms with E-state index in [1.807, 2.05) is 0 Å². The molecule has 0 aromatic rings. The Hall–Kier alpha value is -1.99. The van der Waals surface area contributed by atoms with E-state index in [0.717, 1.165) is 0 Å². The Morgan fingerprint density at radius 1 is 1.33 bits per heavy atom. The van der Waals surface area contributed by atoms with E-state index in [-0.39, 0.29) is 0 Å². The maximum atomic E-state index is 12.9. The second-order valence-corrected chi connectivity index (χ2v) is 2.44. The van der Waals surface area contributed by atoms with E-state index in [2.05, 4.69) is 4.74 Å². The van der Waals surface area contributed by atoms with E-state index in [1.165, 1.54) is 0 Å². The Bertz CT molecular complexity index is 397. The Morgan fingerprint density at radius 3 is 2.33 bits per heavy atom. The minimum Gasteiger partial charge on any atom is -0.502 e. The normalized spacial score (nSPS) is 22.1. The number of halogens is 3. The van der Waals surface area contributed by atoms with E-state index in [1.54, 1.807) is 0 Å². The highest BCUT2D eigenvalue weighted by atomic mass is 19.2. The van der Waals surface area contributed by atoms with Crippen LogP contribution in [0.3, 0.4) is 0 Å². The number of rotatable bonds is 1. The molecule has 0 spiro atoms. The van der Waals surface area contributed by atoms with E-state index in [4.69, 9.17) is 10.2 Å². The number of hydrogen-bond acceptors (Lipinski definition) is 4. The average molecular weight is 224 g/mol. The fourth-order valence-electron chi connectivity index (χ4n) is 0.861. The number of aliphatic hydroxyl groups is 1. The summed E-state index contributed by atoms with van der Waals surface area (Å²) in [4.78, 5) is 20.6. The van der Waals surface area contributed by atoms with E-state index >= 15 is 0 Å². The number of allylic oxidation sites excluding steroid dienone is 4. The van der Waals surface area contributed by atoms with Crippen LogP contribution in [0, 0.1) is 0 Å². The molecule has 82 valence electrons. The molecule has 1 aliphatic carbocycles. The first kappa shape index (κ1) is 11.1. The minimum atomic E-state index is -2.87. The lowest BCUT2D eigenvalue weighted by Gasteiger charge is -2.15. The highest BCUT2D eigenvalue weighted by Crippen LogP contribution is 2.31. The number of carbonyl (C=O) groups is 2. The van der Waals surface area contributed by atoms with Gasteiger partial charge in [0.15, 0.2) is 5.76 Å². The molecule has 2 N–H and O–H groups in total. The molecular formula is C7H3F3O5. The van der Waals surface area contributed by atoms with Crippen molar-refractivity contribution < 1.29 is 37.7 Å². The van der Waals surface area contributed by atoms with Gasteiger partial charge < -0.3 is 14.9 Å². The van der Waals surface area contributed by atoms with Crippen LogP contribution in [0.5, 0.6) is 0 Å². The zero-order valence-electron chi connectivity index (χ0n) is 6.83. The van der Waals surface area contributed by atoms with E-state index in [9.17, 15) is 22.8 Å². The van der Waals surface area contributed by atoms with Crippen LogP contribution in [0.4, 0.5) is 18.0 Å². The van der Waals surface area contributed by atoms with Gasteiger partial charge in [0.25, 0.3) is 0 Å². The molecule has 0 saturated carbocycles.